The first-order valence-corrected chi connectivity index (χ1v) is 27.0. The molecular weight excluding hydrogens is 801 g/mol. The van der Waals surface area contributed by atoms with Crippen molar-refractivity contribution < 1.29 is 4.79 Å². The molecule has 3 heteroatoms. The van der Waals surface area contributed by atoms with Gasteiger partial charge in [-0.2, -0.15) is 0 Å². The molecule has 0 saturated carbocycles. The van der Waals surface area contributed by atoms with E-state index < -0.39 is 0 Å². The van der Waals surface area contributed by atoms with Crippen LogP contribution in [0, 0.1) is 46.8 Å². The minimum atomic E-state index is 0.0618. The molecule has 66 heavy (non-hydrogen) atoms. The van der Waals surface area contributed by atoms with E-state index in [1.807, 2.05) is 90.1 Å². The second-order valence-electron chi connectivity index (χ2n) is 18.2. The van der Waals surface area contributed by atoms with Crippen LogP contribution in [0.25, 0.3) is 0 Å². The van der Waals surface area contributed by atoms with E-state index >= 15 is 0 Å². The molecule has 1 aromatic rings. The summed E-state index contributed by atoms with van der Waals surface area (Å²) >= 11 is 0. The Hall–Kier alpha value is -2.81. The number of hydrogen-bond donors (Lipinski definition) is 2. The molecule has 1 amide bonds. The first-order chi connectivity index (χ1) is 30.8. The molecule has 2 N–H and O–H groups in total. The summed E-state index contributed by atoms with van der Waals surface area (Å²) in [6, 6.07) is 9.11. The molecule has 0 radical (unpaired) electrons. The molecular formula is C63H130N2O. The van der Waals surface area contributed by atoms with Gasteiger partial charge in [0.25, 0.3) is 0 Å². The van der Waals surface area contributed by atoms with Crippen LogP contribution >= 0.6 is 0 Å². The minimum Gasteiger partial charge on any atom is -0.394 e. The third kappa shape index (κ3) is 65.5. The van der Waals surface area contributed by atoms with E-state index in [4.69, 9.17) is 0 Å². The lowest BCUT2D eigenvalue weighted by Crippen LogP contribution is -2.42. The molecule has 0 aromatic heterocycles. The second-order valence-corrected chi connectivity index (χ2v) is 18.2. The summed E-state index contributed by atoms with van der Waals surface area (Å²) in [6.07, 6.45) is 12.3. The van der Waals surface area contributed by atoms with Crippen molar-refractivity contribution in [2.75, 3.05) is 7.05 Å². The lowest BCUT2D eigenvalue weighted by atomic mass is 9.81. The van der Waals surface area contributed by atoms with E-state index in [9.17, 15) is 4.79 Å². The third-order valence-electron chi connectivity index (χ3n) is 9.79. The molecule has 1 aromatic carbocycles. The number of carbonyl (C=O) groups is 1. The Morgan fingerprint density at radius 1 is 0.712 bits per heavy atom. The normalized spacial score (nSPS) is 12.2. The van der Waals surface area contributed by atoms with Gasteiger partial charge in [-0.15, -0.1) is 13.2 Å². The van der Waals surface area contributed by atoms with Crippen molar-refractivity contribution >= 4 is 5.91 Å². The SMILES string of the molecule is C=C(C)C.C=C(C)C(C)C1Cc2ccccc2C1.C=C(C)C(C)CC(C)C.C=CC(C)[C@H](CCC)C(C)C.C=CNC.CC.CC.CC.CC.CC.CCC.CCC(NC(C)=O)C(C)(C)C. The number of hydrogen-bond acceptors (Lipinski definition) is 2. The van der Waals surface area contributed by atoms with Crippen LogP contribution in [-0.2, 0) is 17.6 Å². The summed E-state index contributed by atoms with van der Waals surface area (Å²) in [5, 5.41) is 5.62. The Labute approximate surface area is 422 Å². The number of amides is 1. The van der Waals surface area contributed by atoms with Gasteiger partial charge in [-0.3, -0.25) is 4.79 Å². The number of nitrogens with one attached hydrogen (secondary N) is 2. The fraction of sp³-hybridized carbons (Fsp3) is 0.730. The van der Waals surface area contributed by atoms with Crippen molar-refractivity contribution in [2.24, 2.45) is 46.8 Å². The number of fused-ring (bicyclic) bond motifs is 1. The lowest BCUT2D eigenvalue weighted by Gasteiger charge is -2.30. The van der Waals surface area contributed by atoms with Crippen molar-refractivity contribution in [2.45, 2.75) is 252 Å². The first-order valence-electron chi connectivity index (χ1n) is 27.0. The van der Waals surface area contributed by atoms with E-state index in [-0.39, 0.29) is 11.3 Å². The summed E-state index contributed by atoms with van der Waals surface area (Å²) in [6.45, 7) is 79.4. The van der Waals surface area contributed by atoms with Gasteiger partial charge in [0, 0.05) is 20.0 Å². The predicted molar refractivity (Wildman–Crippen MR) is 317 cm³/mol. The molecule has 3 nitrogen and oxygen atoms in total. The first kappa shape index (κ1) is 86.4. The van der Waals surface area contributed by atoms with Crippen molar-refractivity contribution in [3.05, 3.63) is 97.3 Å². The molecule has 0 fully saturated rings. The van der Waals surface area contributed by atoms with Crippen molar-refractivity contribution in [3.63, 3.8) is 0 Å². The van der Waals surface area contributed by atoms with Crippen LogP contribution in [0.5, 0.6) is 0 Å². The molecule has 0 spiro atoms. The fourth-order valence-corrected chi connectivity index (χ4v) is 6.14. The summed E-state index contributed by atoms with van der Waals surface area (Å²) in [5.41, 5.74) is 7.06. The summed E-state index contributed by atoms with van der Waals surface area (Å²) in [4.78, 5) is 10.7. The van der Waals surface area contributed by atoms with Crippen LogP contribution in [0.2, 0.25) is 0 Å². The Morgan fingerprint density at radius 2 is 1.06 bits per heavy atom. The maximum absolute atomic E-state index is 10.7. The third-order valence-corrected chi connectivity index (χ3v) is 9.79. The largest absolute Gasteiger partial charge is 0.394 e. The van der Waals surface area contributed by atoms with Gasteiger partial charge in [0.15, 0.2) is 0 Å². The molecule has 1 aliphatic carbocycles. The zero-order valence-corrected chi connectivity index (χ0v) is 51.5. The van der Waals surface area contributed by atoms with Gasteiger partial charge in [-0.1, -0.05) is 246 Å². The number of rotatable bonds is 13. The highest BCUT2D eigenvalue weighted by Gasteiger charge is 2.26. The highest BCUT2D eigenvalue weighted by molar-refractivity contribution is 5.73. The number of allylic oxidation sites excluding steroid dienone is 4. The lowest BCUT2D eigenvalue weighted by molar-refractivity contribution is -0.120. The summed E-state index contributed by atoms with van der Waals surface area (Å²) in [5.74, 6) is 5.30. The zero-order valence-electron chi connectivity index (χ0n) is 51.5. The molecule has 1 aliphatic rings. The average Bonchev–Trinajstić information content (AvgIpc) is 3.72. The smallest absolute Gasteiger partial charge is 0.217 e. The topological polar surface area (TPSA) is 41.1 Å². The zero-order chi connectivity index (χ0) is 55.2. The Bertz CT molecular complexity index is 1120. The quantitative estimate of drug-likeness (QED) is 0.194. The average molecular weight is 932 g/mol. The highest BCUT2D eigenvalue weighted by Crippen LogP contribution is 2.34. The second kappa shape index (κ2) is 64.3. The molecule has 2 rings (SSSR count). The van der Waals surface area contributed by atoms with Gasteiger partial charge in [0.2, 0.25) is 5.91 Å². The van der Waals surface area contributed by atoms with E-state index in [0.717, 1.165) is 30.1 Å². The van der Waals surface area contributed by atoms with E-state index in [1.54, 1.807) is 24.3 Å². The Balaban J connectivity index is -0.0000000699. The number of benzene rings is 1. The maximum atomic E-state index is 10.7. The summed E-state index contributed by atoms with van der Waals surface area (Å²) < 4.78 is 0. The van der Waals surface area contributed by atoms with Crippen molar-refractivity contribution in [1.82, 2.24) is 10.6 Å². The van der Waals surface area contributed by atoms with Gasteiger partial charge in [-0.05, 0) is 124 Å². The molecule has 0 saturated heterocycles. The standard InChI is InChI=1S/C14H18.C11H22.C9H19NO.C9H18.C4H8.C3H7N.C3H8.5C2H6/c1-10(2)11(3)14-8-12-6-4-5-7-13(12)9-14;1-6-8-11(9(3)4)10(5)7-2;1-6-8(9(3,4)5)10-7(2)11;1-7(2)6-9(5)8(3)4;1-4(2)3;1-3-4-2;1-3-2;5*1-2/h4-7,11,14H,1,8-9H2,2-3H3;7,9-11H,2,6,8H2,1,3-5H3;8H,6H2,1-5H3,(H,10,11);7,9H,3,6H2,1-2,4-5H3;1H2,2-3H3;3-4H,1H2,2H3;3H2,1-2H3;5*1-2H3/t;10?,11-;;;;;;;;;;/m.1........../s1. The van der Waals surface area contributed by atoms with Crippen molar-refractivity contribution in [1.29, 1.82) is 0 Å². The Kier molecular flexibility index (Phi) is 84.1. The van der Waals surface area contributed by atoms with E-state index in [2.05, 4.69) is 185 Å². The molecule has 0 bridgehead atoms. The van der Waals surface area contributed by atoms with Crippen LogP contribution in [-0.4, -0.2) is 19.0 Å². The molecule has 5 atom stereocenters. The molecule has 4 unspecified atom stereocenters. The highest BCUT2D eigenvalue weighted by atomic mass is 16.1. The van der Waals surface area contributed by atoms with Crippen LogP contribution in [0.3, 0.4) is 0 Å². The molecule has 0 heterocycles. The van der Waals surface area contributed by atoms with Crippen LogP contribution < -0.4 is 10.6 Å². The van der Waals surface area contributed by atoms with Gasteiger partial charge in [-0.25, -0.2) is 0 Å². The predicted octanol–water partition coefficient (Wildman–Crippen LogP) is 21.2. The number of carbonyl (C=O) groups excluding carboxylic acids is 1. The van der Waals surface area contributed by atoms with Gasteiger partial charge >= 0.3 is 0 Å². The van der Waals surface area contributed by atoms with Gasteiger partial charge in [0.1, 0.15) is 0 Å². The Morgan fingerprint density at radius 3 is 1.23 bits per heavy atom. The van der Waals surface area contributed by atoms with Gasteiger partial charge in [0.05, 0.1) is 0 Å². The van der Waals surface area contributed by atoms with E-state index in [1.165, 1.54) is 55.2 Å². The van der Waals surface area contributed by atoms with E-state index in [0.29, 0.717) is 23.8 Å². The fourth-order valence-electron chi connectivity index (χ4n) is 6.14. The van der Waals surface area contributed by atoms with Gasteiger partial charge < -0.3 is 10.6 Å². The summed E-state index contributed by atoms with van der Waals surface area (Å²) in [7, 11) is 1.81. The van der Waals surface area contributed by atoms with Crippen LogP contribution in [0.15, 0.2) is 86.2 Å². The van der Waals surface area contributed by atoms with Crippen molar-refractivity contribution in [3.8, 4) is 0 Å². The minimum absolute atomic E-state index is 0.0618. The van der Waals surface area contributed by atoms with Crippen LogP contribution in [0.1, 0.15) is 244 Å². The van der Waals surface area contributed by atoms with Crippen LogP contribution in [0.4, 0.5) is 0 Å². The molecule has 398 valence electrons. The molecule has 0 aliphatic heterocycles. The maximum Gasteiger partial charge on any atom is 0.217 e. The monoisotopic (exact) mass is 931 g/mol.